The zero-order valence-electron chi connectivity index (χ0n) is 17.3. The number of nitrogens with zero attached hydrogens (tertiary/aromatic N) is 1. The number of ether oxygens (including phenoxy) is 2. The molecule has 0 bridgehead atoms. The Morgan fingerprint density at radius 3 is 2.57 bits per heavy atom. The van der Waals surface area contributed by atoms with Crippen molar-refractivity contribution in [3.63, 3.8) is 0 Å². The van der Waals surface area contributed by atoms with Crippen LogP contribution in [0.1, 0.15) is 35.7 Å². The maximum absolute atomic E-state index is 12.9. The molecule has 1 aliphatic heterocycles. The first-order valence-corrected chi connectivity index (χ1v) is 10.5. The lowest BCUT2D eigenvalue weighted by Gasteiger charge is -2.32. The van der Waals surface area contributed by atoms with Crippen LogP contribution in [0.3, 0.4) is 0 Å². The highest BCUT2D eigenvalue weighted by molar-refractivity contribution is 6.31. The number of piperidine rings is 1. The minimum Gasteiger partial charge on any atom is -0.496 e. The Morgan fingerprint density at radius 1 is 1.13 bits per heavy atom. The number of carbonyl (C=O) groups excluding carboxylic acids is 2. The molecule has 1 N–H and O–H groups in total. The number of halogens is 1. The van der Waals surface area contributed by atoms with Gasteiger partial charge in [0.25, 0.3) is 11.8 Å². The molecule has 2 aromatic rings. The Morgan fingerprint density at radius 2 is 1.87 bits per heavy atom. The van der Waals surface area contributed by atoms with Gasteiger partial charge >= 0.3 is 0 Å². The van der Waals surface area contributed by atoms with E-state index in [9.17, 15) is 9.59 Å². The summed E-state index contributed by atoms with van der Waals surface area (Å²) in [6, 6.07) is 12.8. The molecule has 7 heteroatoms. The number of para-hydroxylation sites is 1. The highest BCUT2D eigenvalue weighted by Gasteiger charge is 2.26. The molecule has 30 heavy (non-hydrogen) atoms. The molecule has 2 amide bonds. The molecule has 1 aliphatic rings. The summed E-state index contributed by atoms with van der Waals surface area (Å²) in [5.74, 6) is 0.983. The predicted octanol–water partition coefficient (Wildman–Crippen LogP) is 3.71. The molecule has 2 aromatic carbocycles. The predicted molar refractivity (Wildman–Crippen MR) is 116 cm³/mol. The van der Waals surface area contributed by atoms with Gasteiger partial charge in [0, 0.05) is 24.2 Å². The number of likely N-dealkylation sites (tertiary alicyclic amines) is 1. The third kappa shape index (κ3) is 5.45. The maximum Gasteiger partial charge on any atom is 0.258 e. The minimum absolute atomic E-state index is 0.0180. The maximum atomic E-state index is 12.9. The molecule has 1 heterocycles. The summed E-state index contributed by atoms with van der Waals surface area (Å²) >= 11 is 6.04. The van der Waals surface area contributed by atoms with E-state index >= 15 is 0 Å². The molecule has 160 valence electrons. The van der Waals surface area contributed by atoms with Crippen LogP contribution in [0.25, 0.3) is 0 Å². The van der Waals surface area contributed by atoms with Gasteiger partial charge in [-0.15, -0.1) is 0 Å². The van der Waals surface area contributed by atoms with Gasteiger partial charge in [-0.25, -0.2) is 0 Å². The van der Waals surface area contributed by atoms with E-state index in [0.717, 1.165) is 17.7 Å². The van der Waals surface area contributed by atoms with E-state index in [-0.39, 0.29) is 24.5 Å². The van der Waals surface area contributed by atoms with Crippen LogP contribution in [0, 0.1) is 0 Å². The van der Waals surface area contributed by atoms with Gasteiger partial charge in [-0.2, -0.15) is 0 Å². The van der Waals surface area contributed by atoms with Crippen molar-refractivity contribution in [3.8, 4) is 11.5 Å². The molecular formula is C23H27ClN2O4. The zero-order chi connectivity index (χ0) is 21.5. The van der Waals surface area contributed by atoms with E-state index in [2.05, 4.69) is 12.2 Å². The summed E-state index contributed by atoms with van der Waals surface area (Å²) in [6.07, 6.45) is 2.22. The van der Waals surface area contributed by atoms with Crippen molar-refractivity contribution in [2.45, 2.75) is 32.2 Å². The summed E-state index contributed by atoms with van der Waals surface area (Å²) in [5.41, 5.74) is 1.53. The molecule has 0 aliphatic carbocycles. The lowest BCUT2D eigenvalue weighted by atomic mass is 10.0. The van der Waals surface area contributed by atoms with Gasteiger partial charge in [0.05, 0.1) is 12.7 Å². The van der Waals surface area contributed by atoms with E-state index in [0.29, 0.717) is 42.3 Å². The average Bonchev–Trinajstić information content (AvgIpc) is 2.78. The number of aryl methyl sites for hydroxylation is 1. The van der Waals surface area contributed by atoms with Crippen LogP contribution in [0.5, 0.6) is 11.5 Å². The van der Waals surface area contributed by atoms with E-state index in [1.54, 1.807) is 23.1 Å². The normalized spacial score (nSPS) is 14.3. The van der Waals surface area contributed by atoms with Crippen molar-refractivity contribution in [1.29, 1.82) is 0 Å². The first-order chi connectivity index (χ1) is 14.5. The number of amides is 2. The lowest BCUT2D eigenvalue weighted by Crippen LogP contribution is -2.47. The van der Waals surface area contributed by atoms with Crippen molar-refractivity contribution < 1.29 is 19.1 Å². The Balaban J connectivity index is 1.49. The fourth-order valence-electron chi connectivity index (χ4n) is 3.59. The first kappa shape index (κ1) is 22.0. The molecule has 0 saturated carbocycles. The number of rotatable bonds is 7. The molecule has 0 atom stereocenters. The number of nitrogens with one attached hydrogen (secondary N) is 1. The summed E-state index contributed by atoms with van der Waals surface area (Å²) in [7, 11) is 1.53. The number of carbonyl (C=O) groups is 2. The molecule has 6 nitrogen and oxygen atoms in total. The fraction of sp³-hybridized carbons (Fsp3) is 0.391. The van der Waals surface area contributed by atoms with E-state index in [4.69, 9.17) is 21.1 Å². The minimum atomic E-state index is -0.151. The number of hydrogen-bond donors (Lipinski definition) is 1. The monoisotopic (exact) mass is 430 g/mol. The van der Waals surface area contributed by atoms with Crippen molar-refractivity contribution >= 4 is 23.4 Å². The van der Waals surface area contributed by atoms with Gasteiger partial charge in [-0.1, -0.05) is 36.7 Å². The van der Waals surface area contributed by atoms with Crippen LogP contribution >= 0.6 is 11.6 Å². The van der Waals surface area contributed by atoms with Gasteiger partial charge in [0.1, 0.15) is 11.5 Å². The molecule has 0 spiro atoms. The fourth-order valence-corrected chi connectivity index (χ4v) is 3.77. The smallest absolute Gasteiger partial charge is 0.258 e. The van der Waals surface area contributed by atoms with Gasteiger partial charge in [0.2, 0.25) is 0 Å². The topological polar surface area (TPSA) is 67.9 Å². The molecule has 0 unspecified atom stereocenters. The molecule has 1 saturated heterocycles. The lowest BCUT2D eigenvalue weighted by molar-refractivity contribution is -0.124. The standard InChI is InChI=1S/C23H27ClN2O4/c1-3-16-6-4-5-7-20(16)30-15-22(27)25-18-10-12-26(13-11-18)23(28)19-14-17(24)8-9-21(19)29-2/h4-9,14,18H,3,10-13,15H2,1-2H3,(H,25,27). The summed E-state index contributed by atoms with van der Waals surface area (Å²) in [6.45, 7) is 3.14. The molecule has 1 fully saturated rings. The molecule has 0 aromatic heterocycles. The summed E-state index contributed by atoms with van der Waals surface area (Å²) in [5, 5.41) is 3.50. The van der Waals surface area contributed by atoms with Crippen molar-refractivity contribution in [3.05, 3.63) is 58.6 Å². The van der Waals surface area contributed by atoms with Crippen LogP contribution in [-0.4, -0.2) is 49.6 Å². The average molecular weight is 431 g/mol. The van der Waals surface area contributed by atoms with Crippen LogP contribution < -0.4 is 14.8 Å². The second-order valence-electron chi connectivity index (χ2n) is 7.23. The third-order valence-electron chi connectivity index (χ3n) is 5.25. The first-order valence-electron chi connectivity index (χ1n) is 10.1. The molecule has 0 radical (unpaired) electrons. The summed E-state index contributed by atoms with van der Waals surface area (Å²) in [4.78, 5) is 26.9. The highest BCUT2D eigenvalue weighted by atomic mass is 35.5. The van der Waals surface area contributed by atoms with Gasteiger partial charge < -0.3 is 19.7 Å². The number of methoxy groups -OCH3 is 1. The van der Waals surface area contributed by atoms with Crippen LogP contribution in [0.2, 0.25) is 5.02 Å². The van der Waals surface area contributed by atoms with Gasteiger partial charge in [-0.3, -0.25) is 9.59 Å². The Kier molecular flexibility index (Phi) is 7.57. The van der Waals surface area contributed by atoms with Gasteiger partial charge in [0.15, 0.2) is 6.61 Å². The molecule has 3 rings (SSSR count). The van der Waals surface area contributed by atoms with Gasteiger partial charge in [-0.05, 0) is 49.1 Å². The van der Waals surface area contributed by atoms with E-state index in [1.807, 2.05) is 24.3 Å². The molecular weight excluding hydrogens is 404 g/mol. The van der Waals surface area contributed by atoms with Crippen LogP contribution in [0.4, 0.5) is 0 Å². The summed E-state index contributed by atoms with van der Waals surface area (Å²) < 4.78 is 11.0. The number of hydrogen-bond acceptors (Lipinski definition) is 4. The van der Waals surface area contributed by atoms with E-state index < -0.39 is 0 Å². The second kappa shape index (κ2) is 10.3. The van der Waals surface area contributed by atoms with Crippen molar-refractivity contribution in [2.24, 2.45) is 0 Å². The Hall–Kier alpha value is -2.73. The Bertz CT molecular complexity index is 895. The van der Waals surface area contributed by atoms with E-state index in [1.165, 1.54) is 7.11 Å². The number of benzene rings is 2. The van der Waals surface area contributed by atoms with Crippen LogP contribution in [-0.2, 0) is 11.2 Å². The van der Waals surface area contributed by atoms with Crippen molar-refractivity contribution in [2.75, 3.05) is 26.8 Å². The highest BCUT2D eigenvalue weighted by Crippen LogP contribution is 2.25. The van der Waals surface area contributed by atoms with Crippen molar-refractivity contribution in [1.82, 2.24) is 10.2 Å². The third-order valence-corrected chi connectivity index (χ3v) is 5.49. The largest absolute Gasteiger partial charge is 0.496 e. The second-order valence-corrected chi connectivity index (χ2v) is 7.66. The SMILES string of the molecule is CCc1ccccc1OCC(=O)NC1CCN(C(=O)c2cc(Cl)ccc2OC)CC1. The Labute approximate surface area is 182 Å². The van der Waals surface area contributed by atoms with Crippen LogP contribution in [0.15, 0.2) is 42.5 Å². The quantitative estimate of drug-likeness (QED) is 0.727. The zero-order valence-corrected chi connectivity index (χ0v) is 18.1.